The quantitative estimate of drug-likeness (QED) is 0.768. The Balaban J connectivity index is 1.46. The van der Waals surface area contributed by atoms with Crippen LogP contribution in [0.15, 0.2) is 42.5 Å². The van der Waals surface area contributed by atoms with Crippen molar-refractivity contribution in [3.63, 3.8) is 0 Å². The lowest BCUT2D eigenvalue weighted by Crippen LogP contribution is -2.31. The second-order valence-electron chi connectivity index (χ2n) is 6.73. The van der Waals surface area contributed by atoms with Crippen LogP contribution in [0.4, 0.5) is 14.5 Å². The summed E-state index contributed by atoms with van der Waals surface area (Å²) in [6.45, 7) is 2.52. The third kappa shape index (κ3) is 5.06. The summed E-state index contributed by atoms with van der Waals surface area (Å²) in [5, 5.41) is 5.33. The van der Waals surface area contributed by atoms with Crippen molar-refractivity contribution in [1.82, 2.24) is 10.6 Å². The molecule has 2 amide bonds. The van der Waals surface area contributed by atoms with Crippen molar-refractivity contribution in [2.75, 3.05) is 24.5 Å². The number of anilines is 1. The molecule has 3 rings (SSSR count). The lowest BCUT2D eigenvalue weighted by atomic mass is 10.1. The van der Waals surface area contributed by atoms with E-state index >= 15 is 0 Å². The molecule has 1 aliphatic heterocycles. The number of para-hydroxylation sites is 1. The number of nitrogens with one attached hydrogen (secondary N) is 2. The molecule has 0 radical (unpaired) electrons. The molecular formula is C21H23F2N3O2. The number of amides is 2. The van der Waals surface area contributed by atoms with E-state index in [0.29, 0.717) is 12.6 Å². The Hall–Kier alpha value is -2.96. The van der Waals surface area contributed by atoms with E-state index in [1.807, 2.05) is 18.2 Å². The molecule has 1 aliphatic rings. The monoisotopic (exact) mass is 387 g/mol. The SMILES string of the molecule is O=C(CCNC(=O)c1ccc(F)cc1F)NCc1ccccc1N1CCCC1. The zero-order chi connectivity index (χ0) is 19.9. The standard InChI is InChI=1S/C21H23F2N3O2/c22-16-7-8-17(18(23)13-16)21(28)24-10-9-20(27)25-14-15-5-1-2-6-19(15)26-11-3-4-12-26/h1-2,5-8,13H,3-4,9-12,14H2,(H,24,28)(H,25,27). The third-order valence-corrected chi connectivity index (χ3v) is 4.73. The van der Waals surface area contributed by atoms with Crippen molar-refractivity contribution in [1.29, 1.82) is 0 Å². The highest BCUT2D eigenvalue weighted by Crippen LogP contribution is 2.24. The molecule has 0 bridgehead atoms. The third-order valence-electron chi connectivity index (χ3n) is 4.73. The zero-order valence-electron chi connectivity index (χ0n) is 15.5. The van der Waals surface area contributed by atoms with Crippen molar-refractivity contribution in [3.8, 4) is 0 Å². The van der Waals surface area contributed by atoms with Crippen LogP contribution in [0.1, 0.15) is 35.2 Å². The van der Waals surface area contributed by atoms with Crippen LogP contribution >= 0.6 is 0 Å². The maximum absolute atomic E-state index is 13.6. The largest absolute Gasteiger partial charge is 0.371 e. The number of hydrogen-bond donors (Lipinski definition) is 2. The summed E-state index contributed by atoms with van der Waals surface area (Å²) in [5.41, 5.74) is 1.94. The number of nitrogens with zero attached hydrogens (tertiary/aromatic N) is 1. The Morgan fingerprint density at radius 1 is 1.00 bits per heavy atom. The van der Waals surface area contributed by atoms with Gasteiger partial charge in [0, 0.05) is 44.4 Å². The highest BCUT2D eigenvalue weighted by atomic mass is 19.1. The molecule has 0 atom stereocenters. The fourth-order valence-corrected chi connectivity index (χ4v) is 3.27. The fraction of sp³-hybridized carbons (Fsp3) is 0.333. The van der Waals surface area contributed by atoms with E-state index in [1.54, 1.807) is 0 Å². The lowest BCUT2D eigenvalue weighted by molar-refractivity contribution is -0.121. The molecule has 7 heteroatoms. The van der Waals surface area contributed by atoms with Gasteiger partial charge in [0.15, 0.2) is 0 Å². The van der Waals surface area contributed by atoms with Gasteiger partial charge in [0.05, 0.1) is 5.56 Å². The van der Waals surface area contributed by atoms with Gasteiger partial charge in [0.2, 0.25) is 5.91 Å². The topological polar surface area (TPSA) is 61.4 Å². The molecule has 1 heterocycles. The highest BCUT2D eigenvalue weighted by molar-refractivity contribution is 5.94. The van der Waals surface area contributed by atoms with Crippen LogP contribution < -0.4 is 15.5 Å². The van der Waals surface area contributed by atoms with Gasteiger partial charge in [-0.2, -0.15) is 0 Å². The molecular weight excluding hydrogens is 364 g/mol. The molecule has 0 unspecified atom stereocenters. The molecule has 0 aromatic heterocycles. The van der Waals surface area contributed by atoms with Gasteiger partial charge in [-0.1, -0.05) is 18.2 Å². The number of benzene rings is 2. The number of hydrogen-bond acceptors (Lipinski definition) is 3. The van der Waals surface area contributed by atoms with Gasteiger partial charge in [0.25, 0.3) is 5.91 Å². The highest BCUT2D eigenvalue weighted by Gasteiger charge is 2.16. The molecule has 0 saturated carbocycles. The van der Waals surface area contributed by atoms with Crippen molar-refractivity contribution < 1.29 is 18.4 Å². The Bertz CT molecular complexity index is 851. The van der Waals surface area contributed by atoms with Crippen molar-refractivity contribution in [2.24, 2.45) is 0 Å². The predicted molar refractivity (Wildman–Crippen MR) is 103 cm³/mol. The first-order valence-electron chi connectivity index (χ1n) is 9.37. The van der Waals surface area contributed by atoms with E-state index in [2.05, 4.69) is 21.6 Å². The van der Waals surface area contributed by atoms with Crippen LogP contribution in [-0.2, 0) is 11.3 Å². The van der Waals surface area contributed by atoms with Crippen LogP contribution in [0, 0.1) is 11.6 Å². The summed E-state index contributed by atoms with van der Waals surface area (Å²) in [5.74, 6) is -2.57. The summed E-state index contributed by atoms with van der Waals surface area (Å²) in [4.78, 5) is 26.3. The fourth-order valence-electron chi connectivity index (χ4n) is 3.27. The molecule has 28 heavy (non-hydrogen) atoms. The van der Waals surface area contributed by atoms with Crippen molar-refractivity contribution in [3.05, 3.63) is 65.2 Å². The van der Waals surface area contributed by atoms with Crippen molar-refractivity contribution in [2.45, 2.75) is 25.8 Å². The van der Waals surface area contributed by atoms with Gasteiger partial charge in [0.1, 0.15) is 11.6 Å². The first-order valence-corrected chi connectivity index (χ1v) is 9.37. The Morgan fingerprint density at radius 2 is 1.75 bits per heavy atom. The molecule has 2 aromatic carbocycles. The van der Waals surface area contributed by atoms with Gasteiger partial charge < -0.3 is 15.5 Å². The predicted octanol–water partition coefficient (Wildman–Crippen LogP) is 3.00. The Kier molecular flexibility index (Phi) is 6.57. The summed E-state index contributed by atoms with van der Waals surface area (Å²) in [6, 6.07) is 10.7. The van der Waals surface area contributed by atoms with Crippen molar-refractivity contribution >= 4 is 17.5 Å². The van der Waals surface area contributed by atoms with E-state index in [0.717, 1.165) is 36.5 Å². The van der Waals surface area contributed by atoms with E-state index in [1.165, 1.54) is 12.8 Å². The summed E-state index contributed by atoms with van der Waals surface area (Å²) in [7, 11) is 0. The second-order valence-corrected chi connectivity index (χ2v) is 6.73. The number of carbonyl (C=O) groups is 2. The average Bonchev–Trinajstić information content (AvgIpc) is 3.21. The Labute approximate surface area is 162 Å². The van der Waals surface area contributed by atoms with Crippen LogP contribution in [0.25, 0.3) is 0 Å². The first-order chi connectivity index (χ1) is 13.5. The van der Waals surface area contributed by atoms with E-state index in [-0.39, 0.29) is 24.4 Å². The lowest BCUT2D eigenvalue weighted by Gasteiger charge is -2.21. The van der Waals surface area contributed by atoms with Crippen LogP contribution in [0.2, 0.25) is 0 Å². The van der Waals surface area contributed by atoms with Gasteiger partial charge >= 0.3 is 0 Å². The number of carbonyl (C=O) groups excluding carboxylic acids is 2. The van der Waals surface area contributed by atoms with Crippen LogP contribution in [0.3, 0.4) is 0 Å². The maximum Gasteiger partial charge on any atom is 0.254 e. The molecule has 2 aromatic rings. The molecule has 2 N–H and O–H groups in total. The van der Waals surface area contributed by atoms with Gasteiger partial charge in [-0.05, 0) is 36.6 Å². The van der Waals surface area contributed by atoms with Crippen LogP contribution in [0.5, 0.6) is 0 Å². The second kappa shape index (κ2) is 9.30. The van der Waals surface area contributed by atoms with Gasteiger partial charge in [-0.3, -0.25) is 9.59 Å². The molecule has 5 nitrogen and oxygen atoms in total. The molecule has 0 spiro atoms. The zero-order valence-corrected chi connectivity index (χ0v) is 15.5. The average molecular weight is 387 g/mol. The molecule has 1 saturated heterocycles. The minimum Gasteiger partial charge on any atom is -0.371 e. The molecule has 148 valence electrons. The summed E-state index contributed by atoms with van der Waals surface area (Å²) in [6.07, 6.45) is 2.42. The normalized spacial score (nSPS) is 13.4. The van der Waals surface area contributed by atoms with Gasteiger partial charge in [-0.15, -0.1) is 0 Å². The first kappa shape index (κ1) is 19.8. The molecule has 1 fully saturated rings. The van der Waals surface area contributed by atoms with Gasteiger partial charge in [-0.25, -0.2) is 8.78 Å². The molecule has 0 aliphatic carbocycles. The number of rotatable bonds is 7. The summed E-state index contributed by atoms with van der Waals surface area (Å²) >= 11 is 0. The minimum absolute atomic E-state index is 0.0647. The van der Waals surface area contributed by atoms with E-state index in [9.17, 15) is 18.4 Å². The number of halogens is 2. The maximum atomic E-state index is 13.6. The van der Waals surface area contributed by atoms with Crippen LogP contribution in [-0.4, -0.2) is 31.4 Å². The smallest absolute Gasteiger partial charge is 0.254 e. The van der Waals surface area contributed by atoms with E-state index in [4.69, 9.17) is 0 Å². The van der Waals surface area contributed by atoms with E-state index < -0.39 is 17.5 Å². The Morgan fingerprint density at radius 3 is 2.50 bits per heavy atom. The summed E-state index contributed by atoms with van der Waals surface area (Å²) < 4.78 is 26.5. The minimum atomic E-state index is -0.930.